The Bertz CT molecular complexity index is 3060. The van der Waals surface area contributed by atoms with Gasteiger partial charge in [-0.3, -0.25) is 0 Å². The van der Waals surface area contributed by atoms with Crippen LogP contribution >= 0.6 is 45.3 Å². The van der Waals surface area contributed by atoms with E-state index in [1.165, 1.54) is 44.9 Å². The minimum absolute atomic E-state index is 0.236. The highest BCUT2D eigenvalue weighted by molar-refractivity contribution is 7.31. The summed E-state index contributed by atoms with van der Waals surface area (Å²) in [6, 6.07) is 51.9. The van der Waals surface area contributed by atoms with Crippen LogP contribution < -0.4 is 0 Å². The summed E-state index contributed by atoms with van der Waals surface area (Å²) in [7, 11) is 0. The SMILES string of the molecule is Cc1ccc(-c2c3nc(c(-c4ccc(C)cc4)c4ccc(s4)c4ccc(s4)c(-c4ccc(O)cc4)c4nc(c(-c5ccc(C)cc5)c5ccc(s5)c5ccc2s5)C=C4)C=C3)cc1. The zero-order valence-corrected chi connectivity index (χ0v) is 37.4. The molecule has 2 aliphatic rings. The van der Waals surface area contributed by atoms with Gasteiger partial charge in [-0.25, -0.2) is 9.97 Å². The molecule has 7 heteroatoms. The molecule has 0 fully saturated rings. The number of hydrogen-bond acceptors (Lipinski definition) is 7. The fourth-order valence-electron chi connectivity index (χ4n) is 8.15. The molecule has 7 heterocycles. The maximum absolute atomic E-state index is 10.3. The van der Waals surface area contributed by atoms with E-state index in [-0.39, 0.29) is 5.75 Å². The molecule has 0 amide bonds. The standard InChI is InChI=1S/C55H38N2OS4/c1-32-4-10-35(11-5-32)52-40-20-21-41(56-40)53(36-12-6-33(2)7-13-36)49-30-26-46(61-49)47-27-31-51(62-47)55(38-16-18-39(58)19-17-38)43-23-22-42(57-43)54(37-14-8-34(3)9-15-37)50-29-25-45(60-50)44-24-28-48(52)59-44/h4-31,58H,1-3H3. The second-order valence-corrected chi connectivity index (χ2v) is 20.1. The number of rotatable bonds is 4. The molecule has 0 aliphatic carbocycles. The largest absolute Gasteiger partial charge is 0.508 e. The summed E-state index contributed by atoms with van der Waals surface area (Å²) in [5, 5.41) is 10.3. The predicted molar refractivity (Wildman–Crippen MR) is 272 cm³/mol. The van der Waals surface area contributed by atoms with Gasteiger partial charge in [0.05, 0.1) is 22.8 Å². The molecule has 62 heavy (non-hydrogen) atoms. The van der Waals surface area contributed by atoms with E-state index in [0.717, 1.165) is 76.7 Å². The van der Waals surface area contributed by atoms with Gasteiger partial charge in [0.25, 0.3) is 0 Å². The van der Waals surface area contributed by atoms with E-state index in [2.05, 4.69) is 166 Å². The van der Waals surface area contributed by atoms with E-state index in [9.17, 15) is 5.11 Å². The smallest absolute Gasteiger partial charge is 0.115 e. The fourth-order valence-corrected chi connectivity index (χ4v) is 12.7. The van der Waals surface area contributed by atoms with E-state index in [1.807, 2.05) is 23.5 Å². The monoisotopic (exact) mass is 870 g/mol. The van der Waals surface area contributed by atoms with Crippen LogP contribution in [0.1, 0.15) is 39.5 Å². The molecule has 2 aliphatic heterocycles. The molecule has 0 spiro atoms. The first-order chi connectivity index (χ1) is 30.3. The van der Waals surface area contributed by atoms with Crippen molar-refractivity contribution in [2.45, 2.75) is 20.8 Å². The third-order valence-corrected chi connectivity index (χ3v) is 16.2. The summed E-state index contributed by atoms with van der Waals surface area (Å²) < 4.78 is 9.41. The van der Waals surface area contributed by atoms with Crippen molar-refractivity contribution >= 4 is 107 Å². The molecule has 0 radical (unpaired) electrons. The van der Waals surface area contributed by atoms with Gasteiger partial charge >= 0.3 is 0 Å². The summed E-state index contributed by atoms with van der Waals surface area (Å²) in [6.07, 6.45) is 8.70. The molecule has 1 N–H and O–H groups in total. The van der Waals surface area contributed by atoms with E-state index in [4.69, 9.17) is 9.97 Å². The number of aromatic nitrogens is 2. The lowest BCUT2D eigenvalue weighted by Gasteiger charge is -2.05. The van der Waals surface area contributed by atoms with Crippen molar-refractivity contribution in [3.63, 3.8) is 0 Å². The summed E-state index contributed by atoms with van der Waals surface area (Å²) in [5.41, 5.74) is 16.2. The van der Waals surface area contributed by atoms with Crippen LogP contribution in [-0.4, -0.2) is 15.1 Å². The zero-order chi connectivity index (χ0) is 41.9. The Hall–Kier alpha value is -6.48. The van der Waals surface area contributed by atoms with Crippen molar-refractivity contribution in [1.82, 2.24) is 9.97 Å². The molecule has 0 unspecified atom stereocenters. The lowest BCUT2D eigenvalue weighted by molar-refractivity contribution is 0.475. The fraction of sp³-hybridized carbons (Fsp3) is 0.0545. The van der Waals surface area contributed by atoms with E-state index < -0.39 is 0 Å². The van der Waals surface area contributed by atoms with Crippen LogP contribution in [0.5, 0.6) is 5.75 Å². The lowest BCUT2D eigenvalue weighted by Crippen LogP contribution is -1.86. The Labute approximate surface area is 375 Å². The number of phenolic OH excluding ortho intramolecular Hbond substituents is 1. The third kappa shape index (κ3) is 7.17. The Balaban J connectivity index is 1.28. The third-order valence-electron chi connectivity index (χ3n) is 11.4. The number of fused-ring (bicyclic) bond motifs is 14. The van der Waals surface area contributed by atoms with E-state index >= 15 is 0 Å². The van der Waals surface area contributed by atoms with Gasteiger partial charge in [0.1, 0.15) is 5.75 Å². The Morgan fingerprint density at radius 1 is 0.290 bits per heavy atom. The lowest BCUT2D eigenvalue weighted by atomic mass is 10.0. The molecule has 0 atom stereocenters. The molecule has 3 nitrogen and oxygen atoms in total. The van der Waals surface area contributed by atoms with Crippen molar-refractivity contribution in [3.8, 4) is 50.3 Å². The molecular formula is C55H38N2OS4. The van der Waals surface area contributed by atoms with Crippen molar-refractivity contribution in [1.29, 1.82) is 0 Å². The molecule has 4 aromatic carbocycles. The average molecular weight is 871 g/mol. The second-order valence-electron chi connectivity index (χ2n) is 15.7. The number of hydrogen-bond donors (Lipinski definition) is 1. The molecule has 12 bridgehead atoms. The molecule has 5 aromatic heterocycles. The van der Waals surface area contributed by atoms with Crippen molar-refractivity contribution in [3.05, 3.63) is 185 Å². The molecule has 298 valence electrons. The molecule has 11 rings (SSSR count). The number of nitrogens with zero attached hydrogens (tertiary/aromatic N) is 2. The van der Waals surface area contributed by atoms with Gasteiger partial charge in [0.2, 0.25) is 0 Å². The first-order valence-corrected chi connectivity index (χ1v) is 23.8. The highest BCUT2D eigenvalue weighted by Gasteiger charge is 2.18. The van der Waals surface area contributed by atoms with Crippen LogP contribution in [0.2, 0.25) is 0 Å². The average Bonchev–Trinajstić information content (AvgIpc) is 4.14. The Morgan fingerprint density at radius 2 is 0.516 bits per heavy atom. The zero-order valence-electron chi connectivity index (χ0n) is 34.1. The molecule has 0 saturated heterocycles. The topological polar surface area (TPSA) is 46.0 Å². The first kappa shape index (κ1) is 38.4. The molecule has 0 saturated carbocycles. The number of aromatic hydroxyl groups is 1. The van der Waals surface area contributed by atoms with Crippen LogP contribution in [-0.2, 0) is 0 Å². The number of phenols is 1. The minimum Gasteiger partial charge on any atom is -0.508 e. The minimum atomic E-state index is 0.236. The van der Waals surface area contributed by atoms with Crippen LogP contribution in [0.25, 0.3) is 106 Å². The maximum atomic E-state index is 10.3. The van der Waals surface area contributed by atoms with E-state index in [1.54, 1.807) is 46.1 Å². The van der Waals surface area contributed by atoms with Crippen LogP contribution in [0.4, 0.5) is 0 Å². The first-order valence-electron chi connectivity index (χ1n) is 20.5. The van der Waals surface area contributed by atoms with Gasteiger partial charge in [0.15, 0.2) is 0 Å². The summed E-state index contributed by atoms with van der Waals surface area (Å²) in [4.78, 5) is 11.0. The number of benzene rings is 4. The van der Waals surface area contributed by atoms with Gasteiger partial charge < -0.3 is 5.11 Å². The van der Waals surface area contributed by atoms with Gasteiger partial charge in [0, 0.05) is 59.9 Å². The summed E-state index contributed by atoms with van der Waals surface area (Å²) in [5.74, 6) is 0.236. The Morgan fingerprint density at radius 3 is 0.774 bits per heavy atom. The molecular weight excluding hydrogens is 833 g/mol. The van der Waals surface area contributed by atoms with Gasteiger partial charge in [-0.05, 0) is 128 Å². The van der Waals surface area contributed by atoms with Crippen LogP contribution in [0.3, 0.4) is 0 Å². The highest BCUT2D eigenvalue weighted by atomic mass is 32.1. The van der Waals surface area contributed by atoms with Crippen molar-refractivity contribution < 1.29 is 5.11 Å². The van der Waals surface area contributed by atoms with Crippen molar-refractivity contribution in [2.24, 2.45) is 0 Å². The quantitative estimate of drug-likeness (QED) is 0.192. The number of aryl methyl sites for hydroxylation is 3. The second kappa shape index (κ2) is 15.8. The number of thiophene rings is 4. The van der Waals surface area contributed by atoms with Crippen LogP contribution in [0.15, 0.2) is 146 Å². The van der Waals surface area contributed by atoms with Gasteiger partial charge in [-0.15, -0.1) is 45.3 Å². The normalized spacial score (nSPS) is 12.0. The highest BCUT2D eigenvalue weighted by Crippen LogP contribution is 2.43. The predicted octanol–water partition coefficient (Wildman–Crippen LogP) is 17.0. The summed E-state index contributed by atoms with van der Waals surface area (Å²) >= 11 is 7.19. The Kier molecular flexibility index (Phi) is 9.78. The van der Waals surface area contributed by atoms with Crippen LogP contribution in [0, 0.1) is 20.8 Å². The summed E-state index contributed by atoms with van der Waals surface area (Å²) in [6.45, 7) is 6.40. The maximum Gasteiger partial charge on any atom is 0.115 e. The molecule has 9 aromatic rings. The van der Waals surface area contributed by atoms with E-state index in [0.29, 0.717) is 0 Å². The van der Waals surface area contributed by atoms with Gasteiger partial charge in [-0.1, -0.05) is 102 Å². The van der Waals surface area contributed by atoms with Crippen molar-refractivity contribution in [2.75, 3.05) is 0 Å². The van der Waals surface area contributed by atoms with Gasteiger partial charge in [-0.2, -0.15) is 0 Å².